The van der Waals surface area contributed by atoms with Crippen LogP contribution in [0.5, 0.6) is 0 Å². The molecular weight excluding hydrogens is 454 g/mol. The van der Waals surface area contributed by atoms with E-state index >= 15 is 0 Å². The number of aliphatic carboxylic acids is 1. The fraction of sp³-hybridized carbons (Fsp3) is 0.440. The summed E-state index contributed by atoms with van der Waals surface area (Å²) in [6.45, 7) is 0.480. The van der Waals surface area contributed by atoms with Gasteiger partial charge < -0.3 is 21.9 Å². The monoisotopic (exact) mass is 487 g/mol. The minimum atomic E-state index is -1.06. The van der Waals surface area contributed by atoms with Crippen LogP contribution in [0.3, 0.4) is 0 Å². The zero-order valence-corrected chi connectivity index (χ0v) is 20.0. The molecule has 0 saturated carbocycles. The van der Waals surface area contributed by atoms with Crippen molar-refractivity contribution in [2.75, 3.05) is 6.54 Å². The summed E-state index contributed by atoms with van der Waals surface area (Å²) in [6.07, 6.45) is 2.01. The van der Waals surface area contributed by atoms with Gasteiger partial charge in [0.2, 0.25) is 11.8 Å². The number of carboxylic acid groups (broad SMARTS) is 1. The summed E-state index contributed by atoms with van der Waals surface area (Å²) >= 11 is 1.65. The average molecular weight is 488 g/mol. The molecule has 0 radical (unpaired) electrons. The number of ketones is 1. The largest absolute Gasteiger partial charge is 0.481 e. The number of thiophene rings is 1. The summed E-state index contributed by atoms with van der Waals surface area (Å²) in [6, 6.07) is 11.0. The van der Waals surface area contributed by atoms with Crippen LogP contribution in [-0.2, 0) is 25.6 Å². The van der Waals surface area contributed by atoms with Crippen molar-refractivity contribution in [2.24, 2.45) is 17.4 Å². The Balaban J connectivity index is 1.93. The number of hydrogen-bond acceptors (Lipinski definition) is 6. The fourth-order valence-electron chi connectivity index (χ4n) is 3.65. The lowest BCUT2D eigenvalue weighted by Crippen LogP contribution is -2.42. The minimum Gasteiger partial charge on any atom is -0.481 e. The van der Waals surface area contributed by atoms with E-state index in [1.54, 1.807) is 11.3 Å². The van der Waals surface area contributed by atoms with E-state index in [0.717, 1.165) is 11.1 Å². The Kier molecular flexibility index (Phi) is 11.4. The molecule has 0 aliphatic carbocycles. The maximum atomic E-state index is 12.8. The van der Waals surface area contributed by atoms with Crippen LogP contribution < -0.4 is 16.8 Å². The number of Topliss-reactive ketones (excluding diaryl/α,β-unsaturated/α-hetero) is 1. The smallest absolute Gasteiger partial charge is 0.303 e. The standard InChI is InChI=1S/C25H33N3O5S/c26-14-2-1-4-19(25(27)33)16-21(29)20(11-13-24(31)32)28-23(30)12-8-17-6-9-18(10-7-17)22-5-3-15-34-22/h3,5-7,9-10,15,19-20H,1-2,4,8,11-14,16,26H2,(H2,27,33)(H,28,30)(H,31,32)/t19-,20+/m1/s1. The molecule has 34 heavy (non-hydrogen) atoms. The molecule has 1 aromatic heterocycles. The topological polar surface area (TPSA) is 153 Å². The Bertz CT molecular complexity index is 944. The Morgan fingerprint density at radius 3 is 2.32 bits per heavy atom. The lowest BCUT2D eigenvalue weighted by atomic mass is 9.91. The number of rotatable bonds is 16. The second-order valence-electron chi connectivity index (χ2n) is 8.28. The van der Waals surface area contributed by atoms with Gasteiger partial charge in [0, 0.05) is 30.1 Å². The Hall–Kier alpha value is -3.04. The number of carbonyl (C=O) groups is 4. The molecule has 1 aromatic carbocycles. The second kappa shape index (κ2) is 14.3. The van der Waals surface area contributed by atoms with E-state index in [4.69, 9.17) is 16.6 Å². The molecule has 0 unspecified atom stereocenters. The van der Waals surface area contributed by atoms with Crippen molar-refractivity contribution in [3.63, 3.8) is 0 Å². The molecule has 0 fully saturated rings. The quantitative estimate of drug-likeness (QED) is 0.267. The summed E-state index contributed by atoms with van der Waals surface area (Å²) in [4.78, 5) is 49.3. The average Bonchev–Trinajstić information content (AvgIpc) is 3.35. The zero-order chi connectivity index (χ0) is 24.9. The Labute approximate surface area is 203 Å². The maximum Gasteiger partial charge on any atom is 0.303 e. The first-order valence-corrected chi connectivity index (χ1v) is 12.3. The lowest BCUT2D eigenvalue weighted by Gasteiger charge is -2.20. The van der Waals surface area contributed by atoms with Gasteiger partial charge in [-0.2, -0.15) is 0 Å². The normalized spacial score (nSPS) is 12.6. The number of benzene rings is 1. The number of hydrogen-bond donors (Lipinski definition) is 4. The van der Waals surface area contributed by atoms with E-state index in [-0.39, 0.29) is 37.4 Å². The molecule has 0 saturated heterocycles. The lowest BCUT2D eigenvalue weighted by molar-refractivity contribution is -0.138. The molecule has 2 amide bonds. The van der Waals surface area contributed by atoms with Gasteiger partial charge in [0.05, 0.1) is 6.04 Å². The fourth-order valence-corrected chi connectivity index (χ4v) is 4.38. The summed E-state index contributed by atoms with van der Waals surface area (Å²) in [5.41, 5.74) is 13.0. The predicted molar refractivity (Wildman–Crippen MR) is 132 cm³/mol. The number of amides is 2. The van der Waals surface area contributed by atoms with Crippen molar-refractivity contribution < 1.29 is 24.3 Å². The van der Waals surface area contributed by atoms with E-state index < -0.39 is 23.8 Å². The van der Waals surface area contributed by atoms with Gasteiger partial charge in [0.25, 0.3) is 0 Å². The molecule has 0 aliphatic heterocycles. The van der Waals surface area contributed by atoms with Gasteiger partial charge in [0.1, 0.15) is 0 Å². The number of carboxylic acids is 1. The highest BCUT2D eigenvalue weighted by Crippen LogP contribution is 2.25. The van der Waals surface area contributed by atoms with Crippen LogP contribution in [0, 0.1) is 5.92 Å². The van der Waals surface area contributed by atoms with E-state index in [9.17, 15) is 19.2 Å². The Morgan fingerprint density at radius 1 is 1.00 bits per heavy atom. The van der Waals surface area contributed by atoms with Crippen molar-refractivity contribution in [1.82, 2.24) is 5.32 Å². The van der Waals surface area contributed by atoms with Gasteiger partial charge in [-0.25, -0.2) is 0 Å². The van der Waals surface area contributed by atoms with Crippen LogP contribution in [0.15, 0.2) is 41.8 Å². The summed E-state index contributed by atoms with van der Waals surface area (Å²) in [5.74, 6) is -3.03. The maximum absolute atomic E-state index is 12.8. The van der Waals surface area contributed by atoms with Gasteiger partial charge in [-0.1, -0.05) is 36.8 Å². The zero-order valence-electron chi connectivity index (χ0n) is 19.2. The first kappa shape index (κ1) is 27.2. The molecule has 1 heterocycles. The molecule has 2 rings (SSSR count). The number of nitrogens with one attached hydrogen (secondary N) is 1. The van der Waals surface area contributed by atoms with Crippen LogP contribution in [0.25, 0.3) is 10.4 Å². The van der Waals surface area contributed by atoms with Crippen LogP contribution >= 0.6 is 11.3 Å². The second-order valence-corrected chi connectivity index (χ2v) is 9.23. The van der Waals surface area contributed by atoms with Crippen LogP contribution in [-0.4, -0.2) is 41.3 Å². The van der Waals surface area contributed by atoms with E-state index in [2.05, 4.69) is 5.32 Å². The van der Waals surface area contributed by atoms with Gasteiger partial charge in [-0.3, -0.25) is 19.2 Å². The summed E-state index contributed by atoms with van der Waals surface area (Å²) in [5, 5.41) is 13.7. The van der Waals surface area contributed by atoms with Crippen molar-refractivity contribution in [1.29, 1.82) is 0 Å². The van der Waals surface area contributed by atoms with Crippen LogP contribution in [0.1, 0.15) is 50.5 Å². The Morgan fingerprint density at radius 2 is 1.74 bits per heavy atom. The highest BCUT2D eigenvalue weighted by molar-refractivity contribution is 7.13. The van der Waals surface area contributed by atoms with Crippen LogP contribution in [0.4, 0.5) is 0 Å². The van der Waals surface area contributed by atoms with Gasteiger partial charge in [-0.05, 0) is 54.8 Å². The third-order valence-electron chi connectivity index (χ3n) is 5.63. The third-order valence-corrected chi connectivity index (χ3v) is 6.55. The summed E-state index contributed by atoms with van der Waals surface area (Å²) < 4.78 is 0. The number of nitrogens with two attached hydrogens (primary N) is 2. The van der Waals surface area contributed by atoms with Gasteiger partial charge in [-0.15, -0.1) is 11.3 Å². The first-order valence-electron chi connectivity index (χ1n) is 11.5. The number of primary amides is 1. The van der Waals surface area contributed by atoms with Gasteiger partial charge in [0.15, 0.2) is 5.78 Å². The molecule has 0 bridgehead atoms. The van der Waals surface area contributed by atoms with Crippen molar-refractivity contribution in [2.45, 2.75) is 57.4 Å². The number of aryl methyl sites for hydroxylation is 1. The SMILES string of the molecule is NCCCC[C@H](CC(=O)[C@H](CCC(=O)O)NC(=O)CCc1ccc(-c2cccs2)cc1)C(N)=O. The molecule has 184 valence electrons. The van der Waals surface area contributed by atoms with Gasteiger partial charge >= 0.3 is 5.97 Å². The highest BCUT2D eigenvalue weighted by atomic mass is 32.1. The molecule has 2 atom stereocenters. The molecule has 8 nitrogen and oxygen atoms in total. The third kappa shape index (κ3) is 9.44. The minimum absolute atomic E-state index is 0.0380. The van der Waals surface area contributed by atoms with Crippen molar-refractivity contribution in [3.8, 4) is 10.4 Å². The predicted octanol–water partition coefficient (Wildman–Crippen LogP) is 2.89. The molecule has 2 aromatic rings. The summed E-state index contributed by atoms with van der Waals surface area (Å²) in [7, 11) is 0. The first-order chi connectivity index (χ1) is 16.3. The molecule has 0 spiro atoms. The van der Waals surface area contributed by atoms with Crippen molar-refractivity contribution in [3.05, 3.63) is 47.3 Å². The number of unbranched alkanes of at least 4 members (excludes halogenated alkanes) is 1. The van der Waals surface area contributed by atoms with E-state index in [0.29, 0.717) is 32.2 Å². The number of carbonyl (C=O) groups excluding carboxylic acids is 3. The van der Waals surface area contributed by atoms with Crippen molar-refractivity contribution >= 4 is 34.9 Å². The molecule has 6 N–H and O–H groups in total. The highest BCUT2D eigenvalue weighted by Gasteiger charge is 2.26. The van der Waals surface area contributed by atoms with E-state index in [1.807, 2.05) is 41.8 Å². The van der Waals surface area contributed by atoms with Crippen LogP contribution in [0.2, 0.25) is 0 Å². The molecule has 9 heteroatoms. The molecular formula is C25H33N3O5S. The molecule has 0 aliphatic rings. The van der Waals surface area contributed by atoms with E-state index in [1.165, 1.54) is 4.88 Å².